The van der Waals surface area contributed by atoms with Gasteiger partial charge in [0.2, 0.25) is 0 Å². The molecule has 0 spiro atoms. The summed E-state index contributed by atoms with van der Waals surface area (Å²) in [4.78, 5) is 13.2. The molecular weight excluding hydrogens is 322 g/mol. The Labute approximate surface area is 156 Å². The summed E-state index contributed by atoms with van der Waals surface area (Å²) in [5.74, 6) is -0.721. The van der Waals surface area contributed by atoms with Crippen molar-refractivity contribution >= 4 is 5.97 Å². The number of aryl methyl sites for hydroxylation is 1. The highest BCUT2D eigenvalue weighted by atomic mass is 16.4. The Kier molecular flexibility index (Phi) is 6.45. The van der Waals surface area contributed by atoms with E-state index in [1.807, 2.05) is 0 Å². The summed E-state index contributed by atoms with van der Waals surface area (Å²) in [6.45, 7) is 4.74. The quantitative estimate of drug-likeness (QED) is 0.743. The van der Waals surface area contributed by atoms with Crippen LogP contribution in [-0.2, 0) is 17.6 Å². The highest BCUT2D eigenvalue weighted by molar-refractivity contribution is 5.66. The normalized spacial score (nSPS) is 17.5. The van der Waals surface area contributed by atoms with E-state index in [0.717, 1.165) is 25.4 Å². The maximum atomic E-state index is 10.6. The lowest BCUT2D eigenvalue weighted by molar-refractivity contribution is -0.137. The average molecular weight is 351 g/mol. The van der Waals surface area contributed by atoms with Gasteiger partial charge in [-0.2, -0.15) is 0 Å². The van der Waals surface area contributed by atoms with E-state index in [-0.39, 0.29) is 6.42 Å². The van der Waals surface area contributed by atoms with Crippen LogP contribution < -0.4 is 0 Å². The van der Waals surface area contributed by atoms with E-state index < -0.39 is 5.97 Å². The summed E-state index contributed by atoms with van der Waals surface area (Å²) in [5, 5.41) is 8.72. The molecule has 1 aliphatic heterocycles. The van der Waals surface area contributed by atoms with Crippen LogP contribution in [0.5, 0.6) is 0 Å². The first kappa shape index (κ1) is 18.7. The number of likely N-dealkylation sites (tertiary alicyclic amines) is 1. The van der Waals surface area contributed by atoms with Crippen LogP contribution in [0, 0.1) is 0 Å². The number of hydrogen-bond acceptors (Lipinski definition) is 2. The van der Waals surface area contributed by atoms with Gasteiger partial charge >= 0.3 is 5.97 Å². The number of aliphatic carboxylic acids is 1. The van der Waals surface area contributed by atoms with Gasteiger partial charge in [0.25, 0.3) is 0 Å². The van der Waals surface area contributed by atoms with Crippen molar-refractivity contribution in [3.8, 4) is 11.1 Å². The predicted octanol–water partition coefficient (Wildman–Crippen LogP) is 4.79. The van der Waals surface area contributed by atoms with Gasteiger partial charge in [-0.05, 0) is 67.8 Å². The van der Waals surface area contributed by atoms with Gasteiger partial charge in [0.05, 0.1) is 0 Å². The van der Waals surface area contributed by atoms with Gasteiger partial charge in [-0.25, -0.2) is 0 Å². The summed E-state index contributed by atoms with van der Waals surface area (Å²) < 4.78 is 0. The Balaban J connectivity index is 1.53. The van der Waals surface area contributed by atoms with Crippen molar-refractivity contribution in [2.24, 2.45) is 0 Å². The molecule has 1 saturated heterocycles. The monoisotopic (exact) mass is 351 g/mol. The van der Waals surface area contributed by atoms with E-state index in [0.29, 0.717) is 6.42 Å². The molecule has 1 unspecified atom stereocenters. The van der Waals surface area contributed by atoms with Crippen molar-refractivity contribution in [2.45, 2.75) is 51.5 Å². The van der Waals surface area contributed by atoms with E-state index in [1.54, 1.807) is 0 Å². The lowest BCUT2D eigenvalue weighted by Gasteiger charge is -2.20. The highest BCUT2D eigenvalue weighted by Gasteiger charge is 2.19. The molecule has 2 aromatic carbocycles. The van der Waals surface area contributed by atoms with E-state index in [9.17, 15) is 4.79 Å². The van der Waals surface area contributed by atoms with E-state index in [2.05, 4.69) is 60.4 Å². The molecule has 1 N–H and O–H groups in total. The number of carbonyl (C=O) groups is 1. The van der Waals surface area contributed by atoms with E-state index >= 15 is 0 Å². The third-order valence-electron chi connectivity index (χ3n) is 5.48. The molecule has 0 aliphatic carbocycles. The lowest BCUT2D eigenvalue weighted by atomic mass is 10.00. The number of carboxylic acid groups (broad SMARTS) is 1. The second-order valence-electron chi connectivity index (χ2n) is 7.42. The first-order valence-electron chi connectivity index (χ1n) is 9.76. The molecule has 0 aromatic heterocycles. The third kappa shape index (κ3) is 5.18. The van der Waals surface area contributed by atoms with Crippen molar-refractivity contribution in [1.29, 1.82) is 0 Å². The van der Waals surface area contributed by atoms with Crippen LogP contribution in [0.25, 0.3) is 11.1 Å². The fraction of sp³-hybridized carbons (Fsp3) is 0.435. The van der Waals surface area contributed by atoms with Crippen molar-refractivity contribution in [2.75, 3.05) is 13.1 Å². The Hall–Kier alpha value is -2.13. The third-order valence-corrected chi connectivity index (χ3v) is 5.48. The Morgan fingerprint density at radius 3 is 2.08 bits per heavy atom. The van der Waals surface area contributed by atoms with E-state index in [1.165, 1.54) is 41.6 Å². The zero-order chi connectivity index (χ0) is 18.4. The molecule has 138 valence electrons. The van der Waals surface area contributed by atoms with Crippen LogP contribution in [0.2, 0.25) is 0 Å². The van der Waals surface area contributed by atoms with Gasteiger partial charge in [-0.15, -0.1) is 0 Å². The maximum Gasteiger partial charge on any atom is 0.303 e. The van der Waals surface area contributed by atoms with Crippen LogP contribution >= 0.6 is 0 Å². The molecule has 0 saturated carbocycles. The molecule has 3 rings (SSSR count). The average Bonchev–Trinajstić information content (AvgIpc) is 3.06. The number of hydrogen-bond donors (Lipinski definition) is 1. The molecule has 1 heterocycles. The van der Waals surface area contributed by atoms with Crippen molar-refractivity contribution < 1.29 is 9.90 Å². The van der Waals surface area contributed by atoms with Gasteiger partial charge in [0.15, 0.2) is 0 Å². The van der Waals surface area contributed by atoms with Gasteiger partial charge in [-0.1, -0.05) is 48.5 Å². The summed E-state index contributed by atoms with van der Waals surface area (Å²) in [7, 11) is 0. The summed E-state index contributed by atoms with van der Waals surface area (Å²) in [6, 6.07) is 18.1. The largest absolute Gasteiger partial charge is 0.481 e. The van der Waals surface area contributed by atoms with Gasteiger partial charge in [-0.3, -0.25) is 4.79 Å². The molecule has 2 aromatic rings. The minimum atomic E-state index is -0.721. The van der Waals surface area contributed by atoms with Crippen LogP contribution in [0.15, 0.2) is 48.5 Å². The fourth-order valence-corrected chi connectivity index (χ4v) is 3.77. The first-order valence-corrected chi connectivity index (χ1v) is 9.76. The van der Waals surface area contributed by atoms with Gasteiger partial charge in [0, 0.05) is 19.0 Å². The number of nitrogens with zero attached hydrogens (tertiary/aromatic N) is 1. The number of benzene rings is 2. The summed E-state index contributed by atoms with van der Waals surface area (Å²) in [6.07, 6.45) is 5.55. The molecule has 26 heavy (non-hydrogen) atoms. The lowest BCUT2D eigenvalue weighted by Crippen LogP contribution is -2.28. The zero-order valence-electron chi connectivity index (χ0n) is 15.7. The SMILES string of the molecule is CC1CCCN1CCc1ccc(-c2ccc(CCCC(=O)O)cc2)cc1. The second-order valence-corrected chi connectivity index (χ2v) is 7.42. The Bertz CT molecular complexity index is 706. The first-order chi connectivity index (χ1) is 12.6. The van der Waals surface area contributed by atoms with Crippen molar-refractivity contribution in [3.63, 3.8) is 0 Å². The van der Waals surface area contributed by atoms with Gasteiger partial charge < -0.3 is 10.0 Å². The summed E-state index contributed by atoms with van der Waals surface area (Å²) >= 11 is 0. The van der Waals surface area contributed by atoms with Crippen LogP contribution in [0.1, 0.15) is 43.7 Å². The molecule has 3 heteroatoms. The van der Waals surface area contributed by atoms with E-state index in [4.69, 9.17) is 5.11 Å². The smallest absolute Gasteiger partial charge is 0.303 e. The number of rotatable bonds is 8. The molecule has 1 aliphatic rings. The van der Waals surface area contributed by atoms with Crippen LogP contribution in [0.3, 0.4) is 0 Å². The minimum Gasteiger partial charge on any atom is -0.481 e. The molecule has 0 amide bonds. The molecule has 3 nitrogen and oxygen atoms in total. The fourth-order valence-electron chi connectivity index (χ4n) is 3.77. The van der Waals surface area contributed by atoms with Crippen molar-refractivity contribution in [1.82, 2.24) is 4.90 Å². The molecule has 1 atom stereocenters. The number of carboxylic acids is 1. The highest BCUT2D eigenvalue weighted by Crippen LogP contribution is 2.22. The Morgan fingerprint density at radius 1 is 1.00 bits per heavy atom. The maximum absolute atomic E-state index is 10.6. The zero-order valence-corrected chi connectivity index (χ0v) is 15.7. The minimum absolute atomic E-state index is 0.236. The summed E-state index contributed by atoms with van der Waals surface area (Å²) in [5.41, 5.74) is 5.05. The van der Waals surface area contributed by atoms with Crippen molar-refractivity contribution in [3.05, 3.63) is 59.7 Å². The van der Waals surface area contributed by atoms with Crippen LogP contribution in [0.4, 0.5) is 0 Å². The molecule has 0 radical (unpaired) electrons. The molecular formula is C23H29NO2. The topological polar surface area (TPSA) is 40.5 Å². The van der Waals surface area contributed by atoms with Gasteiger partial charge in [0.1, 0.15) is 0 Å². The molecule has 1 fully saturated rings. The molecule has 0 bridgehead atoms. The standard InChI is InChI=1S/C23H29NO2/c1-18-4-3-16-24(18)17-15-20-9-13-22(14-10-20)21-11-7-19(8-12-21)5-2-6-23(25)26/h7-14,18H,2-6,15-17H2,1H3,(H,25,26). The predicted molar refractivity (Wildman–Crippen MR) is 106 cm³/mol. The Morgan fingerprint density at radius 2 is 1.58 bits per heavy atom. The second kappa shape index (κ2) is 9.00. The van der Waals surface area contributed by atoms with Crippen LogP contribution in [-0.4, -0.2) is 35.1 Å².